The van der Waals surface area contributed by atoms with Crippen LogP contribution < -0.4 is 15.0 Å². The van der Waals surface area contributed by atoms with Gasteiger partial charge in [0.05, 0.1) is 23.1 Å². The highest BCUT2D eigenvalue weighted by Gasteiger charge is 2.49. The first-order valence-electron chi connectivity index (χ1n) is 19.7. The molecule has 0 amide bonds. The van der Waals surface area contributed by atoms with Crippen LogP contribution in [0.4, 0.5) is 24.8 Å². The molecule has 0 aliphatic carbocycles. The summed E-state index contributed by atoms with van der Waals surface area (Å²) < 4.78 is 60.4. The van der Waals surface area contributed by atoms with E-state index in [0.717, 1.165) is 25.8 Å². The Morgan fingerprint density at radius 1 is 1.00 bits per heavy atom. The van der Waals surface area contributed by atoms with Crippen molar-refractivity contribution in [1.29, 1.82) is 0 Å². The number of hydrogen-bond acceptors (Lipinski definition) is 9. The molecule has 7 rings (SSSR count). The SMILES string of the molecule is CNc1nc(-c2cc(O)cc3ccc(F)c(C#C[Si](C(C)C)(C(C)C)C(C)C)c23)c(F)c2nc(OC[C@@]34CCCN3C[C@H](F)C4)nc(N3CCCOCC3)c12. The summed E-state index contributed by atoms with van der Waals surface area (Å²) in [5.41, 5.74) is 4.25. The largest absolute Gasteiger partial charge is 0.508 e. The summed E-state index contributed by atoms with van der Waals surface area (Å²) in [6.07, 6.45) is 1.91. The number of anilines is 2. The van der Waals surface area contributed by atoms with Gasteiger partial charge in [0.1, 0.15) is 55.3 Å². The van der Waals surface area contributed by atoms with Crippen LogP contribution in [0.1, 0.15) is 72.8 Å². The lowest BCUT2D eigenvalue weighted by Crippen LogP contribution is -2.43. The lowest BCUT2D eigenvalue weighted by atomic mass is 9.95. The Labute approximate surface area is 323 Å². The van der Waals surface area contributed by atoms with Crippen LogP contribution in [-0.4, -0.2) is 97.8 Å². The summed E-state index contributed by atoms with van der Waals surface area (Å²) in [5.74, 6) is 2.59. The average molecular weight is 775 g/mol. The van der Waals surface area contributed by atoms with Crippen molar-refractivity contribution in [2.75, 3.05) is 63.3 Å². The quantitative estimate of drug-likeness (QED) is 0.128. The van der Waals surface area contributed by atoms with Crippen molar-refractivity contribution in [3.05, 3.63) is 41.5 Å². The second-order valence-electron chi connectivity index (χ2n) is 16.4. The maximum absolute atomic E-state index is 17.5. The molecule has 0 saturated carbocycles. The van der Waals surface area contributed by atoms with E-state index in [1.807, 2.05) is 4.90 Å². The van der Waals surface area contributed by atoms with Crippen molar-refractivity contribution in [2.45, 2.75) is 95.6 Å². The topological polar surface area (TPSA) is 95.9 Å². The number of ether oxygens (including phenoxy) is 2. The number of nitrogens with one attached hydrogen (secondary N) is 1. The fourth-order valence-electron chi connectivity index (χ4n) is 9.73. The molecule has 3 aliphatic heterocycles. The number of hydrogen-bond donors (Lipinski definition) is 2. The highest BCUT2D eigenvalue weighted by molar-refractivity contribution is 6.90. The number of fused-ring (bicyclic) bond motifs is 3. The van der Waals surface area contributed by atoms with Gasteiger partial charge < -0.3 is 24.8 Å². The predicted octanol–water partition coefficient (Wildman–Crippen LogP) is 8.62. The van der Waals surface area contributed by atoms with Gasteiger partial charge in [-0.05, 0) is 66.0 Å². The van der Waals surface area contributed by atoms with Crippen molar-refractivity contribution in [1.82, 2.24) is 19.9 Å². The molecule has 5 heterocycles. The Morgan fingerprint density at radius 2 is 1.76 bits per heavy atom. The van der Waals surface area contributed by atoms with E-state index in [2.05, 4.69) is 63.2 Å². The Bertz CT molecular complexity index is 2130. The minimum atomic E-state index is -2.30. The molecule has 0 bridgehead atoms. The smallest absolute Gasteiger partial charge is 0.319 e. The minimum Gasteiger partial charge on any atom is -0.508 e. The van der Waals surface area contributed by atoms with E-state index in [9.17, 15) is 9.50 Å². The predicted molar refractivity (Wildman–Crippen MR) is 216 cm³/mol. The minimum absolute atomic E-state index is 0.0231. The van der Waals surface area contributed by atoms with E-state index >= 15 is 8.78 Å². The van der Waals surface area contributed by atoms with Gasteiger partial charge in [0.2, 0.25) is 0 Å². The fraction of sp³-hybridized carbons (Fsp3) is 0.548. The fourth-order valence-corrected chi connectivity index (χ4v) is 14.9. The molecule has 2 aromatic heterocycles. The third-order valence-corrected chi connectivity index (χ3v) is 18.6. The molecule has 2 N–H and O–H groups in total. The molecule has 0 spiro atoms. The van der Waals surface area contributed by atoms with Gasteiger partial charge in [-0.1, -0.05) is 53.5 Å². The van der Waals surface area contributed by atoms with Gasteiger partial charge in [0.25, 0.3) is 0 Å². The second kappa shape index (κ2) is 15.4. The average Bonchev–Trinajstić information content (AvgIpc) is 3.52. The zero-order chi connectivity index (χ0) is 39.2. The summed E-state index contributed by atoms with van der Waals surface area (Å²) in [4.78, 5) is 18.6. The van der Waals surface area contributed by atoms with Crippen LogP contribution in [0.2, 0.25) is 16.6 Å². The lowest BCUT2D eigenvalue weighted by Gasteiger charge is -2.38. The Kier molecular flexibility index (Phi) is 11.0. The van der Waals surface area contributed by atoms with Gasteiger partial charge in [-0.2, -0.15) is 9.97 Å². The maximum atomic E-state index is 17.5. The van der Waals surface area contributed by atoms with Crippen molar-refractivity contribution in [3.8, 4) is 34.5 Å². The van der Waals surface area contributed by atoms with Crippen LogP contribution in [0.15, 0.2) is 24.3 Å². The zero-order valence-electron chi connectivity index (χ0n) is 33.0. The highest BCUT2D eigenvalue weighted by Crippen LogP contribution is 2.44. The summed E-state index contributed by atoms with van der Waals surface area (Å²) >= 11 is 0. The zero-order valence-corrected chi connectivity index (χ0v) is 34.0. The number of benzene rings is 2. The van der Waals surface area contributed by atoms with Gasteiger partial charge in [0.15, 0.2) is 5.82 Å². The third-order valence-electron chi connectivity index (χ3n) is 12.3. The molecule has 13 heteroatoms. The van der Waals surface area contributed by atoms with Crippen LogP contribution in [0.3, 0.4) is 0 Å². The summed E-state index contributed by atoms with van der Waals surface area (Å²) in [5, 5.41) is 15.4. The lowest BCUT2D eigenvalue weighted by molar-refractivity contribution is 0.107. The summed E-state index contributed by atoms with van der Waals surface area (Å²) in [6.45, 7) is 16.7. The third kappa shape index (κ3) is 6.99. The highest BCUT2D eigenvalue weighted by atomic mass is 28.3. The number of alkyl halides is 1. The van der Waals surface area contributed by atoms with E-state index in [4.69, 9.17) is 24.4 Å². The summed E-state index contributed by atoms with van der Waals surface area (Å²) in [7, 11) is -0.608. The van der Waals surface area contributed by atoms with Gasteiger partial charge >= 0.3 is 6.01 Å². The first kappa shape index (κ1) is 39.1. The standard InChI is InChI=1S/C42H53F3N6O3Si/c1-25(2)55(26(3)4,27(5)6)19-12-31-33(44)11-10-28-20-30(52)21-32(34(28)31)37-36(45)38-35(39(46-7)47-37)40(50-14-9-17-53-18-16-50)49-41(48-38)54-24-42-13-8-15-51(42)23-29(43)22-42/h10-11,20-21,25-27,29,52H,8-9,13-18,22-24H2,1-7H3,(H,46,47)/t29-,42+/m1/s1. The van der Waals surface area contributed by atoms with Gasteiger partial charge in [-0.25, -0.2) is 18.2 Å². The van der Waals surface area contributed by atoms with E-state index in [1.54, 1.807) is 13.1 Å². The number of aromatic nitrogens is 3. The molecule has 3 saturated heterocycles. The first-order valence-corrected chi connectivity index (χ1v) is 21.9. The number of phenols is 1. The molecule has 0 radical (unpaired) electrons. The molecule has 4 aromatic rings. The van der Waals surface area contributed by atoms with Crippen LogP contribution in [0.25, 0.3) is 32.9 Å². The number of nitrogens with zero attached hydrogens (tertiary/aromatic N) is 5. The first-order chi connectivity index (χ1) is 26.3. The number of aromatic hydroxyl groups is 1. The van der Waals surface area contributed by atoms with Crippen LogP contribution in [0, 0.1) is 23.1 Å². The van der Waals surface area contributed by atoms with Crippen LogP contribution >= 0.6 is 0 Å². The van der Waals surface area contributed by atoms with Crippen molar-refractivity contribution < 1.29 is 27.8 Å². The summed E-state index contributed by atoms with van der Waals surface area (Å²) in [6, 6.07) is 5.83. The second-order valence-corrected chi connectivity index (χ2v) is 22.0. The monoisotopic (exact) mass is 774 g/mol. The van der Waals surface area contributed by atoms with Crippen molar-refractivity contribution >= 4 is 41.4 Å². The number of halogens is 3. The molecule has 3 aliphatic rings. The van der Waals surface area contributed by atoms with Crippen molar-refractivity contribution in [2.24, 2.45) is 0 Å². The molecule has 0 unspecified atom stereocenters. The van der Waals surface area contributed by atoms with Gasteiger partial charge in [0, 0.05) is 50.7 Å². The molecule has 55 heavy (non-hydrogen) atoms. The Morgan fingerprint density at radius 3 is 2.49 bits per heavy atom. The molecule has 9 nitrogen and oxygen atoms in total. The van der Waals surface area contributed by atoms with Crippen LogP contribution in [0.5, 0.6) is 11.8 Å². The van der Waals surface area contributed by atoms with Crippen LogP contribution in [-0.2, 0) is 4.74 Å². The van der Waals surface area contributed by atoms with E-state index < -0.39 is 31.4 Å². The van der Waals surface area contributed by atoms with Crippen molar-refractivity contribution in [3.63, 3.8) is 0 Å². The van der Waals surface area contributed by atoms with E-state index in [0.29, 0.717) is 83.7 Å². The molecular formula is C42H53F3N6O3Si. The number of pyridine rings is 1. The molecule has 2 atom stereocenters. The number of phenolic OH excluding ortho intramolecular Hbond substituents is 1. The number of rotatable bonds is 9. The van der Waals surface area contributed by atoms with Gasteiger partial charge in [-0.15, -0.1) is 5.54 Å². The molecule has 2 aromatic carbocycles. The van der Waals surface area contributed by atoms with Gasteiger partial charge in [-0.3, -0.25) is 4.90 Å². The molecule has 3 fully saturated rings. The maximum Gasteiger partial charge on any atom is 0.319 e. The van der Waals surface area contributed by atoms with E-state index in [-0.39, 0.29) is 40.7 Å². The molecular weight excluding hydrogens is 722 g/mol. The Balaban J connectivity index is 1.45. The van der Waals surface area contributed by atoms with E-state index in [1.165, 1.54) is 18.2 Å². The normalized spacial score (nSPS) is 20.7. The molecule has 294 valence electrons. The Hall–Kier alpha value is -4.12.